The number of unbranched alkanes of at least 4 members (excludes halogenated alkanes) is 2. The lowest BCUT2D eigenvalue weighted by molar-refractivity contribution is -0.176. The smallest absolute Gasteiger partial charge is 0.338 e. The number of hydrogen-bond acceptors (Lipinski definition) is 8. The van der Waals surface area contributed by atoms with Crippen molar-refractivity contribution in [3.05, 3.63) is 0 Å². The summed E-state index contributed by atoms with van der Waals surface area (Å²) in [6.07, 6.45) is -1.78. The Hall–Kier alpha value is -1.22. The Balaban J connectivity index is 4.15. The average molecular weight is 350 g/mol. The van der Waals surface area contributed by atoms with E-state index in [4.69, 9.17) is 0 Å². The van der Waals surface area contributed by atoms with Crippen molar-refractivity contribution in [2.45, 2.75) is 76.8 Å². The predicted octanol–water partition coefficient (Wildman–Crippen LogP) is -0.103. The summed E-state index contributed by atoms with van der Waals surface area (Å²) >= 11 is 0. The summed E-state index contributed by atoms with van der Waals surface area (Å²) in [5, 5.41) is 38.2. The molecule has 0 aliphatic heterocycles. The molecule has 0 radical (unpaired) electrons. The summed E-state index contributed by atoms with van der Waals surface area (Å²) in [5.74, 6) is -2.44. The lowest BCUT2D eigenvalue weighted by atomic mass is 10.1. The molecular formula is C16H30O8. The number of carbonyl (C=O) groups excluding carboxylic acids is 2. The van der Waals surface area contributed by atoms with E-state index in [2.05, 4.69) is 9.47 Å². The zero-order chi connectivity index (χ0) is 18.5. The summed E-state index contributed by atoms with van der Waals surface area (Å²) in [5.41, 5.74) is 0. The van der Waals surface area contributed by atoms with Crippen LogP contribution in [0.5, 0.6) is 0 Å². The van der Waals surface area contributed by atoms with Gasteiger partial charge in [0, 0.05) is 0 Å². The molecule has 0 aliphatic carbocycles. The maximum atomic E-state index is 11.5. The fourth-order valence-corrected chi connectivity index (χ4v) is 1.83. The molecule has 4 N–H and O–H groups in total. The van der Waals surface area contributed by atoms with Crippen LogP contribution in [0.3, 0.4) is 0 Å². The van der Waals surface area contributed by atoms with Crippen molar-refractivity contribution < 1.29 is 39.5 Å². The molecule has 0 bridgehead atoms. The molecule has 8 nitrogen and oxygen atoms in total. The first-order valence-electron chi connectivity index (χ1n) is 8.38. The Labute approximate surface area is 142 Å². The third-order valence-electron chi connectivity index (χ3n) is 3.40. The van der Waals surface area contributed by atoms with Crippen LogP contribution in [-0.2, 0) is 19.1 Å². The van der Waals surface area contributed by atoms with Crippen LogP contribution in [0.25, 0.3) is 0 Å². The molecule has 0 aromatic rings. The minimum Gasteiger partial charge on any atom is -0.461 e. The van der Waals surface area contributed by atoms with E-state index < -0.39 is 36.4 Å². The molecule has 0 rings (SSSR count). The van der Waals surface area contributed by atoms with Crippen molar-refractivity contribution in [3.8, 4) is 0 Å². The highest BCUT2D eigenvalue weighted by Gasteiger charge is 2.33. The van der Waals surface area contributed by atoms with E-state index >= 15 is 0 Å². The summed E-state index contributed by atoms with van der Waals surface area (Å²) in [6.45, 7) is 3.24. The van der Waals surface area contributed by atoms with Crippen LogP contribution in [-0.4, -0.2) is 70.0 Å². The van der Waals surface area contributed by atoms with Gasteiger partial charge in [-0.05, 0) is 12.8 Å². The maximum absolute atomic E-state index is 11.5. The molecule has 4 atom stereocenters. The van der Waals surface area contributed by atoms with E-state index in [0.29, 0.717) is 12.8 Å². The molecule has 142 valence electrons. The van der Waals surface area contributed by atoms with Gasteiger partial charge in [-0.25, -0.2) is 9.59 Å². The molecular weight excluding hydrogens is 320 g/mol. The second-order valence-corrected chi connectivity index (χ2v) is 5.74. The number of carbonyl (C=O) groups is 2. The minimum absolute atomic E-state index is 0.326. The van der Waals surface area contributed by atoms with Gasteiger partial charge >= 0.3 is 11.9 Å². The van der Waals surface area contributed by atoms with E-state index in [1.165, 1.54) is 0 Å². The molecule has 0 saturated heterocycles. The molecule has 0 aromatic carbocycles. The van der Waals surface area contributed by atoms with Crippen molar-refractivity contribution >= 4 is 11.9 Å². The molecule has 0 spiro atoms. The predicted molar refractivity (Wildman–Crippen MR) is 85.0 cm³/mol. The van der Waals surface area contributed by atoms with E-state index in [-0.39, 0.29) is 13.2 Å². The number of ether oxygens (including phenoxy) is 2. The van der Waals surface area contributed by atoms with Gasteiger partial charge in [0.15, 0.2) is 12.2 Å². The Bertz CT molecular complexity index is 326. The third kappa shape index (κ3) is 9.82. The molecule has 0 amide bonds. The van der Waals surface area contributed by atoms with Crippen LogP contribution >= 0.6 is 0 Å². The lowest BCUT2D eigenvalue weighted by Gasteiger charge is -2.18. The summed E-state index contributed by atoms with van der Waals surface area (Å²) < 4.78 is 9.31. The van der Waals surface area contributed by atoms with Crippen LogP contribution in [0, 0.1) is 0 Å². The Kier molecular flexibility index (Phi) is 12.4. The summed E-state index contributed by atoms with van der Waals surface area (Å²) in [7, 11) is 0. The van der Waals surface area contributed by atoms with E-state index in [1.54, 1.807) is 0 Å². The Morgan fingerprint density at radius 1 is 0.750 bits per heavy atom. The van der Waals surface area contributed by atoms with Gasteiger partial charge in [0.25, 0.3) is 0 Å². The van der Waals surface area contributed by atoms with Crippen LogP contribution in [0.4, 0.5) is 0 Å². The minimum atomic E-state index is -2.11. The highest BCUT2D eigenvalue weighted by molar-refractivity contribution is 5.85. The summed E-state index contributed by atoms with van der Waals surface area (Å²) in [4.78, 5) is 23.1. The first kappa shape index (κ1) is 22.8. The van der Waals surface area contributed by atoms with Gasteiger partial charge in [-0.1, -0.05) is 39.5 Å². The molecule has 8 heteroatoms. The number of aliphatic hydroxyl groups excluding tert-OH is 4. The fraction of sp³-hybridized carbons (Fsp3) is 0.875. The van der Waals surface area contributed by atoms with Gasteiger partial charge in [0.1, 0.15) is 13.2 Å². The average Bonchev–Trinajstić information content (AvgIpc) is 2.58. The topological polar surface area (TPSA) is 134 Å². The Morgan fingerprint density at radius 2 is 1.08 bits per heavy atom. The van der Waals surface area contributed by atoms with Crippen molar-refractivity contribution in [2.24, 2.45) is 0 Å². The fourth-order valence-electron chi connectivity index (χ4n) is 1.83. The maximum Gasteiger partial charge on any atom is 0.338 e. The van der Waals surface area contributed by atoms with Gasteiger partial charge in [-0.3, -0.25) is 0 Å². The summed E-state index contributed by atoms with van der Waals surface area (Å²) in [6, 6.07) is 0. The van der Waals surface area contributed by atoms with E-state index in [9.17, 15) is 30.0 Å². The third-order valence-corrected chi connectivity index (χ3v) is 3.40. The van der Waals surface area contributed by atoms with Gasteiger partial charge in [0.2, 0.25) is 0 Å². The molecule has 0 heterocycles. The molecule has 0 saturated carbocycles. The highest BCUT2D eigenvalue weighted by atomic mass is 16.6. The second kappa shape index (κ2) is 13.1. The van der Waals surface area contributed by atoms with Crippen molar-refractivity contribution in [1.29, 1.82) is 0 Å². The van der Waals surface area contributed by atoms with Gasteiger partial charge in [0.05, 0.1) is 12.2 Å². The standard InChI is InChI=1S/C16H30O8/c1-3-5-7-11(17)9-23-15(21)13(19)14(20)16(22)24-10-12(18)8-6-4-2/h11-14,17-20H,3-10H2,1-2H3. The van der Waals surface area contributed by atoms with E-state index in [0.717, 1.165) is 25.7 Å². The molecule has 4 unspecified atom stereocenters. The number of esters is 2. The lowest BCUT2D eigenvalue weighted by Crippen LogP contribution is -2.43. The first-order chi connectivity index (χ1) is 11.3. The van der Waals surface area contributed by atoms with Crippen molar-refractivity contribution in [3.63, 3.8) is 0 Å². The molecule has 0 aromatic heterocycles. The van der Waals surface area contributed by atoms with Crippen LogP contribution in [0.15, 0.2) is 0 Å². The number of rotatable bonds is 13. The first-order valence-corrected chi connectivity index (χ1v) is 8.38. The van der Waals surface area contributed by atoms with Gasteiger partial charge in [-0.2, -0.15) is 0 Å². The zero-order valence-electron chi connectivity index (χ0n) is 14.4. The SMILES string of the molecule is CCCCC(O)COC(=O)C(O)C(O)C(=O)OCC(O)CCCC. The van der Waals surface area contributed by atoms with Crippen LogP contribution in [0.1, 0.15) is 52.4 Å². The van der Waals surface area contributed by atoms with Crippen molar-refractivity contribution in [1.82, 2.24) is 0 Å². The van der Waals surface area contributed by atoms with Gasteiger partial charge < -0.3 is 29.9 Å². The van der Waals surface area contributed by atoms with Gasteiger partial charge in [-0.15, -0.1) is 0 Å². The number of aliphatic hydroxyl groups is 4. The Morgan fingerprint density at radius 3 is 1.38 bits per heavy atom. The largest absolute Gasteiger partial charge is 0.461 e. The second-order valence-electron chi connectivity index (χ2n) is 5.74. The van der Waals surface area contributed by atoms with Crippen molar-refractivity contribution in [2.75, 3.05) is 13.2 Å². The highest BCUT2D eigenvalue weighted by Crippen LogP contribution is 2.06. The van der Waals surface area contributed by atoms with E-state index in [1.807, 2.05) is 13.8 Å². The molecule has 24 heavy (non-hydrogen) atoms. The molecule has 0 aliphatic rings. The van der Waals surface area contributed by atoms with Crippen LogP contribution < -0.4 is 0 Å². The molecule has 0 fully saturated rings. The normalized spacial score (nSPS) is 16.1. The monoisotopic (exact) mass is 350 g/mol. The quantitative estimate of drug-likeness (QED) is 0.338. The van der Waals surface area contributed by atoms with Crippen LogP contribution in [0.2, 0.25) is 0 Å². The number of hydrogen-bond donors (Lipinski definition) is 4. The zero-order valence-corrected chi connectivity index (χ0v) is 14.4.